The van der Waals surface area contributed by atoms with Gasteiger partial charge in [-0.15, -0.1) is 0 Å². The summed E-state index contributed by atoms with van der Waals surface area (Å²) in [5.74, 6) is -0.736. The molecule has 0 amide bonds. The van der Waals surface area contributed by atoms with Crippen molar-refractivity contribution < 1.29 is 9.90 Å². The van der Waals surface area contributed by atoms with Gasteiger partial charge in [-0.05, 0) is 43.7 Å². The molecule has 3 nitrogen and oxygen atoms in total. The van der Waals surface area contributed by atoms with Crippen LogP contribution in [0.1, 0.15) is 35.4 Å². The number of nitrogens with one attached hydrogen (secondary N) is 1. The van der Waals surface area contributed by atoms with Crippen LogP contribution in [0.15, 0.2) is 0 Å². The number of carbonyl (C=O) groups is 1. The lowest BCUT2D eigenvalue weighted by Gasteiger charge is -2.11. The molecule has 0 atom stereocenters. The Labute approximate surface area is 83.1 Å². The number of aromatic amines is 1. The third kappa shape index (κ3) is 1.54. The Bertz CT molecular complexity index is 366. The lowest BCUT2D eigenvalue weighted by Crippen LogP contribution is -2.06. The van der Waals surface area contributed by atoms with Crippen LogP contribution in [0, 0.1) is 6.92 Å². The average molecular weight is 193 g/mol. The second-order valence-corrected chi connectivity index (χ2v) is 3.96. The number of carboxylic acids is 1. The molecular weight excluding hydrogens is 178 g/mol. The Morgan fingerprint density at radius 3 is 2.86 bits per heavy atom. The standard InChI is InChI=1S/C11H15NO2/c1-7-9(6-11(13)14)8-4-2-3-5-10(8)12-7/h12H,2-6H2,1H3,(H,13,14). The number of aromatic nitrogens is 1. The highest BCUT2D eigenvalue weighted by Crippen LogP contribution is 2.26. The summed E-state index contributed by atoms with van der Waals surface area (Å²) < 4.78 is 0. The summed E-state index contributed by atoms with van der Waals surface area (Å²) in [5.41, 5.74) is 4.60. The first-order valence-electron chi connectivity index (χ1n) is 5.09. The van der Waals surface area contributed by atoms with Crippen LogP contribution in [0.2, 0.25) is 0 Å². The molecule has 3 heteroatoms. The molecule has 0 unspecified atom stereocenters. The third-order valence-corrected chi connectivity index (χ3v) is 2.95. The third-order valence-electron chi connectivity index (χ3n) is 2.95. The Kier molecular flexibility index (Phi) is 2.32. The van der Waals surface area contributed by atoms with Crippen molar-refractivity contribution in [1.29, 1.82) is 0 Å². The zero-order valence-corrected chi connectivity index (χ0v) is 8.39. The van der Waals surface area contributed by atoms with Gasteiger partial charge in [0.25, 0.3) is 0 Å². The van der Waals surface area contributed by atoms with E-state index in [4.69, 9.17) is 5.11 Å². The first kappa shape index (κ1) is 9.31. The minimum absolute atomic E-state index is 0.164. The fourth-order valence-corrected chi connectivity index (χ4v) is 2.29. The van der Waals surface area contributed by atoms with Gasteiger partial charge in [0.15, 0.2) is 0 Å². The van der Waals surface area contributed by atoms with E-state index in [1.54, 1.807) is 0 Å². The highest BCUT2D eigenvalue weighted by molar-refractivity contribution is 5.71. The number of rotatable bonds is 2. The molecular formula is C11H15NO2. The molecule has 0 saturated heterocycles. The fraction of sp³-hybridized carbons (Fsp3) is 0.545. The Hall–Kier alpha value is -1.25. The summed E-state index contributed by atoms with van der Waals surface area (Å²) in [6.07, 6.45) is 4.70. The topological polar surface area (TPSA) is 53.1 Å². The van der Waals surface area contributed by atoms with Crippen molar-refractivity contribution in [2.45, 2.75) is 39.0 Å². The van der Waals surface area contributed by atoms with Gasteiger partial charge in [-0.1, -0.05) is 0 Å². The van der Waals surface area contributed by atoms with E-state index in [1.807, 2.05) is 6.92 Å². The number of hydrogen-bond donors (Lipinski definition) is 2. The van der Waals surface area contributed by atoms with Gasteiger partial charge >= 0.3 is 5.97 Å². The van der Waals surface area contributed by atoms with Gasteiger partial charge in [0.05, 0.1) is 6.42 Å². The molecule has 0 aromatic carbocycles. The van der Waals surface area contributed by atoms with Crippen LogP contribution in [0.5, 0.6) is 0 Å². The van der Waals surface area contributed by atoms with Crippen LogP contribution in [0.4, 0.5) is 0 Å². The number of aliphatic carboxylic acids is 1. The second-order valence-electron chi connectivity index (χ2n) is 3.96. The molecule has 76 valence electrons. The quantitative estimate of drug-likeness (QED) is 0.752. The van der Waals surface area contributed by atoms with Crippen LogP contribution in [-0.4, -0.2) is 16.1 Å². The number of H-pyrrole nitrogens is 1. The highest BCUT2D eigenvalue weighted by atomic mass is 16.4. The molecule has 0 saturated carbocycles. The maximum atomic E-state index is 10.7. The van der Waals surface area contributed by atoms with Crippen LogP contribution in [-0.2, 0) is 24.1 Å². The minimum Gasteiger partial charge on any atom is -0.481 e. The summed E-state index contributed by atoms with van der Waals surface area (Å²) in [6.45, 7) is 1.97. The number of aryl methyl sites for hydroxylation is 2. The minimum atomic E-state index is -0.736. The van der Waals surface area contributed by atoms with Gasteiger partial charge in [-0.25, -0.2) is 0 Å². The molecule has 0 radical (unpaired) electrons. The largest absolute Gasteiger partial charge is 0.481 e. The van der Waals surface area contributed by atoms with E-state index < -0.39 is 5.97 Å². The van der Waals surface area contributed by atoms with Gasteiger partial charge < -0.3 is 10.1 Å². The van der Waals surface area contributed by atoms with Gasteiger partial charge in [-0.3, -0.25) is 4.79 Å². The van der Waals surface area contributed by atoms with Gasteiger partial charge in [0.1, 0.15) is 0 Å². The summed E-state index contributed by atoms with van der Waals surface area (Å²) in [6, 6.07) is 0. The van der Waals surface area contributed by atoms with Crippen LogP contribution >= 0.6 is 0 Å². The lowest BCUT2D eigenvalue weighted by atomic mass is 9.93. The summed E-state index contributed by atoms with van der Waals surface area (Å²) in [4.78, 5) is 14.0. The van der Waals surface area contributed by atoms with Gasteiger partial charge in [0, 0.05) is 11.4 Å². The predicted octanol–water partition coefficient (Wildman–Crippen LogP) is 1.83. The molecule has 0 aliphatic heterocycles. The molecule has 2 rings (SSSR count). The van der Waals surface area contributed by atoms with E-state index in [1.165, 1.54) is 24.1 Å². The Morgan fingerprint density at radius 1 is 1.43 bits per heavy atom. The van der Waals surface area contributed by atoms with E-state index in [0.29, 0.717) is 0 Å². The maximum absolute atomic E-state index is 10.7. The van der Waals surface area contributed by atoms with E-state index in [9.17, 15) is 4.79 Å². The van der Waals surface area contributed by atoms with Crippen molar-refractivity contribution >= 4 is 5.97 Å². The molecule has 14 heavy (non-hydrogen) atoms. The van der Waals surface area contributed by atoms with E-state index >= 15 is 0 Å². The van der Waals surface area contributed by atoms with E-state index in [2.05, 4.69) is 4.98 Å². The van der Waals surface area contributed by atoms with Crippen LogP contribution < -0.4 is 0 Å². The molecule has 1 aromatic heterocycles. The Balaban J connectivity index is 2.37. The predicted molar refractivity (Wildman–Crippen MR) is 53.5 cm³/mol. The summed E-state index contributed by atoms with van der Waals surface area (Å²) in [5, 5.41) is 8.80. The molecule has 1 aliphatic carbocycles. The monoisotopic (exact) mass is 193 g/mol. The number of carboxylic acid groups (broad SMARTS) is 1. The van der Waals surface area contributed by atoms with Crippen molar-refractivity contribution in [2.24, 2.45) is 0 Å². The Morgan fingerprint density at radius 2 is 2.14 bits per heavy atom. The highest BCUT2D eigenvalue weighted by Gasteiger charge is 2.19. The molecule has 0 bridgehead atoms. The summed E-state index contributed by atoms with van der Waals surface area (Å²) >= 11 is 0. The van der Waals surface area contributed by atoms with Crippen molar-refractivity contribution in [2.75, 3.05) is 0 Å². The molecule has 1 aliphatic rings. The van der Waals surface area contributed by atoms with Crippen molar-refractivity contribution in [3.8, 4) is 0 Å². The van der Waals surface area contributed by atoms with Crippen molar-refractivity contribution in [3.05, 3.63) is 22.5 Å². The van der Waals surface area contributed by atoms with Crippen LogP contribution in [0.3, 0.4) is 0 Å². The zero-order valence-electron chi connectivity index (χ0n) is 8.39. The van der Waals surface area contributed by atoms with Crippen molar-refractivity contribution in [3.63, 3.8) is 0 Å². The SMILES string of the molecule is Cc1[nH]c2c(c1CC(=O)O)CCCC2. The molecule has 0 spiro atoms. The van der Waals surface area contributed by atoms with E-state index in [0.717, 1.165) is 24.1 Å². The molecule has 0 fully saturated rings. The van der Waals surface area contributed by atoms with Gasteiger partial charge in [0.2, 0.25) is 0 Å². The second kappa shape index (κ2) is 3.48. The zero-order chi connectivity index (χ0) is 10.1. The molecule has 1 heterocycles. The number of hydrogen-bond acceptors (Lipinski definition) is 1. The molecule has 2 N–H and O–H groups in total. The normalized spacial score (nSPS) is 15.2. The summed E-state index contributed by atoms with van der Waals surface area (Å²) in [7, 11) is 0. The van der Waals surface area contributed by atoms with Gasteiger partial charge in [-0.2, -0.15) is 0 Å². The number of fused-ring (bicyclic) bond motifs is 1. The molecule has 1 aromatic rings. The first-order chi connectivity index (χ1) is 6.68. The van der Waals surface area contributed by atoms with E-state index in [-0.39, 0.29) is 6.42 Å². The average Bonchev–Trinajstić information content (AvgIpc) is 2.43. The first-order valence-corrected chi connectivity index (χ1v) is 5.09. The maximum Gasteiger partial charge on any atom is 0.307 e. The fourth-order valence-electron chi connectivity index (χ4n) is 2.29. The van der Waals surface area contributed by atoms with Crippen LogP contribution in [0.25, 0.3) is 0 Å². The smallest absolute Gasteiger partial charge is 0.307 e. The lowest BCUT2D eigenvalue weighted by molar-refractivity contribution is -0.136. The van der Waals surface area contributed by atoms with Crippen molar-refractivity contribution in [1.82, 2.24) is 4.98 Å².